The van der Waals surface area contributed by atoms with Gasteiger partial charge < -0.3 is 15.5 Å². The van der Waals surface area contributed by atoms with Crippen LogP contribution in [0.5, 0.6) is 0 Å². The van der Waals surface area contributed by atoms with Crippen LogP contribution in [-0.4, -0.2) is 37.6 Å². The molecule has 0 spiro atoms. The highest BCUT2D eigenvalue weighted by molar-refractivity contribution is 7.07. The predicted molar refractivity (Wildman–Crippen MR) is 99.5 cm³/mol. The maximum Gasteiger partial charge on any atom is 0.315 e. The molecule has 2 N–H and O–H groups in total. The quantitative estimate of drug-likeness (QED) is 0.875. The number of rotatable bonds is 5. The second-order valence-corrected chi connectivity index (χ2v) is 7.38. The summed E-state index contributed by atoms with van der Waals surface area (Å²) in [5.74, 6) is 0. The van der Waals surface area contributed by atoms with E-state index in [1.165, 1.54) is 16.7 Å². The van der Waals surface area contributed by atoms with Crippen LogP contribution in [0, 0.1) is 0 Å². The first kappa shape index (κ1) is 17.0. The van der Waals surface area contributed by atoms with Crippen LogP contribution in [0.25, 0.3) is 0 Å². The van der Waals surface area contributed by atoms with Crippen molar-refractivity contribution in [3.05, 3.63) is 57.8 Å². The Morgan fingerprint density at radius 2 is 2.08 bits per heavy atom. The summed E-state index contributed by atoms with van der Waals surface area (Å²) >= 11 is 1.69. The molecule has 1 heterocycles. The summed E-state index contributed by atoms with van der Waals surface area (Å²) in [6.45, 7) is 0.610. The van der Waals surface area contributed by atoms with Gasteiger partial charge >= 0.3 is 6.03 Å². The molecule has 0 saturated carbocycles. The zero-order valence-corrected chi connectivity index (χ0v) is 15.1. The minimum Gasteiger partial charge on any atom is -0.336 e. The highest BCUT2D eigenvalue weighted by Crippen LogP contribution is 2.21. The minimum atomic E-state index is -0.0681. The van der Waals surface area contributed by atoms with Gasteiger partial charge in [0.25, 0.3) is 0 Å². The molecule has 0 fully saturated rings. The molecule has 0 radical (unpaired) electrons. The fraction of sp³-hybridized carbons (Fsp3) is 0.421. The van der Waals surface area contributed by atoms with E-state index in [-0.39, 0.29) is 18.1 Å². The van der Waals surface area contributed by atoms with Crippen LogP contribution in [0.15, 0.2) is 41.1 Å². The van der Waals surface area contributed by atoms with Gasteiger partial charge in [0.05, 0.1) is 6.04 Å². The second kappa shape index (κ2) is 7.81. The lowest BCUT2D eigenvalue weighted by molar-refractivity contribution is 0.228. The van der Waals surface area contributed by atoms with Gasteiger partial charge in [0.1, 0.15) is 0 Å². The number of carbonyl (C=O) groups excluding carboxylic acids is 1. The molecule has 0 bridgehead atoms. The lowest BCUT2D eigenvalue weighted by Gasteiger charge is -2.27. The molecule has 5 heteroatoms. The monoisotopic (exact) mass is 343 g/mol. The van der Waals surface area contributed by atoms with Gasteiger partial charge in [-0.1, -0.05) is 24.3 Å². The molecule has 1 aromatic heterocycles. The molecule has 4 nitrogen and oxygen atoms in total. The van der Waals surface area contributed by atoms with Gasteiger partial charge in [0.2, 0.25) is 0 Å². The van der Waals surface area contributed by atoms with E-state index in [1.54, 1.807) is 11.3 Å². The molecule has 24 heavy (non-hydrogen) atoms. The fourth-order valence-corrected chi connectivity index (χ4v) is 4.02. The maximum atomic E-state index is 12.3. The number of nitrogens with zero attached hydrogens (tertiary/aromatic N) is 1. The Kier molecular flexibility index (Phi) is 5.53. The van der Waals surface area contributed by atoms with Crippen LogP contribution in [0.2, 0.25) is 0 Å². The number of amides is 2. The van der Waals surface area contributed by atoms with Crippen molar-refractivity contribution in [2.45, 2.75) is 31.3 Å². The average molecular weight is 343 g/mol. The Labute approximate surface area is 147 Å². The van der Waals surface area contributed by atoms with E-state index in [0.717, 1.165) is 19.3 Å². The summed E-state index contributed by atoms with van der Waals surface area (Å²) in [5.41, 5.74) is 4.02. The van der Waals surface area contributed by atoms with Crippen molar-refractivity contribution >= 4 is 17.4 Å². The van der Waals surface area contributed by atoms with Gasteiger partial charge in [0, 0.05) is 12.6 Å². The molecule has 2 amide bonds. The standard InChI is InChI=1S/C19H25N3OS/c1-22(2)18(16-9-10-24-13-16)12-20-19(23)21-17-8-7-14-5-3-4-6-15(14)11-17/h3-6,9-10,13,17-18H,7-8,11-12H2,1-2H3,(H2,20,21,23). The molecular weight excluding hydrogens is 318 g/mol. The van der Waals surface area contributed by atoms with E-state index < -0.39 is 0 Å². The van der Waals surface area contributed by atoms with Gasteiger partial charge in [-0.15, -0.1) is 0 Å². The Morgan fingerprint density at radius 3 is 2.79 bits per heavy atom. The van der Waals surface area contributed by atoms with Crippen molar-refractivity contribution in [1.82, 2.24) is 15.5 Å². The Balaban J connectivity index is 1.51. The van der Waals surface area contributed by atoms with Gasteiger partial charge in [-0.05, 0) is 66.9 Å². The maximum absolute atomic E-state index is 12.3. The van der Waals surface area contributed by atoms with E-state index >= 15 is 0 Å². The van der Waals surface area contributed by atoms with Gasteiger partial charge in [-0.2, -0.15) is 11.3 Å². The van der Waals surface area contributed by atoms with Crippen molar-refractivity contribution in [2.24, 2.45) is 0 Å². The van der Waals surface area contributed by atoms with Crippen molar-refractivity contribution in [3.8, 4) is 0 Å². The third kappa shape index (κ3) is 4.16. The normalized spacial score (nSPS) is 18.0. The van der Waals surface area contributed by atoms with Crippen LogP contribution in [0.3, 0.4) is 0 Å². The first-order valence-electron chi connectivity index (χ1n) is 8.43. The lowest BCUT2D eigenvalue weighted by Crippen LogP contribution is -2.46. The molecule has 0 saturated heterocycles. The Hall–Kier alpha value is -1.85. The zero-order valence-electron chi connectivity index (χ0n) is 14.3. The smallest absolute Gasteiger partial charge is 0.315 e. The third-order valence-corrected chi connectivity index (χ3v) is 5.39. The summed E-state index contributed by atoms with van der Waals surface area (Å²) in [6, 6.07) is 11.0. The first-order chi connectivity index (χ1) is 11.6. The number of hydrogen-bond acceptors (Lipinski definition) is 3. The number of carbonyl (C=O) groups is 1. The Bertz CT molecular complexity index is 669. The fourth-order valence-electron chi connectivity index (χ4n) is 3.31. The number of fused-ring (bicyclic) bond motifs is 1. The molecule has 2 atom stereocenters. The summed E-state index contributed by atoms with van der Waals surface area (Å²) < 4.78 is 0. The summed E-state index contributed by atoms with van der Waals surface area (Å²) in [4.78, 5) is 14.4. The number of likely N-dealkylation sites (N-methyl/N-ethyl adjacent to an activating group) is 1. The molecule has 1 aliphatic carbocycles. The SMILES string of the molecule is CN(C)C(CNC(=O)NC1CCc2ccccc2C1)c1ccsc1. The van der Waals surface area contributed by atoms with Gasteiger partial charge in [-0.25, -0.2) is 4.79 Å². The van der Waals surface area contributed by atoms with E-state index in [1.807, 2.05) is 14.1 Å². The van der Waals surface area contributed by atoms with Crippen LogP contribution in [0.4, 0.5) is 4.79 Å². The van der Waals surface area contributed by atoms with E-state index in [2.05, 4.69) is 56.6 Å². The molecule has 1 aliphatic rings. The summed E-state index contributed by atoms with van der Waals surface area (Å²) in [7, 11) is 4.08. The van der Waals surface area contributed by atoms with Crippen molar-refractivity contribution in [2.75, 3.05) is 20.6 Å². The van der Waals surface area contributed by atoms with E-state index in [4.69, 9.17) is 0 Å². The molecule has 2 unspecified atom stereocenters. The van der Waals surface area contributed by atoms with Gasteiger partial charge in [-0.3, -0.25) is 0 Å². The summed E-state index contributed by atoms with van der Waals surface area (Å²) in [5, 5.41) is 10.4. The van der Waals surface area contributed by atoms with Gasteiger partial charge in [0.15, 0.2) is 0 Å². The van der Waals surface area contributed by atoms with E-state index in [0.29, 0.717) is 6.54 Å². The Morgan fingerprint density at radius 1 is 1.29 bits per heavy atom. The number of hydrogen-bond donors (Lipinski definition) is 2. The minimum absolute atomic E-state index is 0.0681. The second-order valence-electron chi connectivity index (χ2n) is 6.60. The molecule has 3 rings (SSSR count). The lowest BCUT2D eigenvalue weighted by atomic mass is 9.88. The van der Waals surface area contributed by atoms with Crippen molar-refractivity contribution in [1.29, 1.82) is 0 Å². The zero-order chi connectivity index (χ0) is 16.9. The number of benzene rings is 1. The van der Waals surface area contributed by atoms with Crippen molar-refractivity contribution < 1.29 is 4.79 Å². The number of thiophene rings is 1. The highest BCUT2D eigenvalue weighted by atomic mass is 32.1. The largest absolute Gasteiger partial charge is 0.336 e. The highest BCUT2D eigenvalue weighted by Gasteiger charge is 2.21. The van der Waals surface area contributed by atoms with Crippen molar-refractivity contribution in [3.63, 3.8) is 0 Å². The van der Waals surface area contributed by atoms with Crippen LogP contribution >= 0.6 is 11.3 Å². The van der Waals surface area contributed by atoms with E-state index in [9.17, 15) is 4.79 Å². The molecule has 0 aliphatic heterocycles. The number of aryl methyl sites for hydroxylation is 1. The number of nitrogens with one attached hydrogen (secondary N) is 2. The molecule has 2 aromatic rings. The first-order valence-corrected chi connectivity index (χ1v) is 9.37. The molecule has 1 aromatic carbocycles. The molecular formula is C19H25N3OS. The topological polar surface area (TPSA) is 44.4 Å². The number of urea groups is 1. The summed E-state index contributed by atoms with van der Waals surface area (Å²) in [6.07, 6.45) is 2.97. The van der Waals surface area contributed by atoms with Crippen LogP contribution < -0.4 is 10.6 Å². The van der Waals surface area contributed by atoms with Crippen LogP contribution in [0.1, 0.15) is 29.2 Å². The van der Waals surface area contributed by atoms with Crippen LogP contribution in [-0.2, 0) is 12.8 Å². The molecule has 128 valence electrons. The average Bonchev–Trinajstić information content (AvgIpc) is 3.09. The predicted octanol–water partition coefficient (Wildman–Crippen LogP) is 3.21. The third-order valence-electron chi connectivity index (χ3n) is 4.69.